The van der Waals surface area contributed by atoms with Gasteiger partial charge in [0.25, 0.3) is 0 Å². The molecule has 0 atom stereocenters. The third-order valence-electron chi connectivity index (χ3n) is 2.17. The third-order valence-corrected chi connectivity index (χ3v) is 3.07. The summed E-state index contributed by atoms with van der Waals surface area (Å²) in [7, 11) is 0. The topological polar surface area (TPSA) is 79.6 Å². The Morgan fingerprint density at radius 2 is 2.12 bits per heavy atom. The van der Waals surface area contributed by atoms with Crippen molar-refractivity contribution in [1.82, 2.24) is 15.2 Å². The summed E-state index contributed by atoms with van der Waals surface area (Å²) in [5.74, 6) is 0. The van der Waals surface area contributed by atoms with Gasteiger partial charge in [-0.2, -0.15) is 5.10 Å². The van der Waals surface area contributed by atoms with Gasteiger partial charge in [0.05, 0.1) is 0 Å². The second-order valence-electron chi connectivity index (χ2n) is 3.49. The molecule has 2 rings (SSSR count). The zero-order chi connectivity index (χ0) is 11.9. The Bertz CT molecular complexity index is 426. The van der Waals surface area contributed by atoms with E-state index in [9.17, 15) is 0 Å². The predicted molar refractivity (Wildman–Crippen MR) is 69.1 cm³/mol. The monoisotopic (exact) mass is 249 g/mol. The lowest BCUT2D eigenvalue weighted by Crippen LogP contribution is -2.08. The number of benzene rings is 1. The first-order valence-electron chi connectivity index (χ1n) is 5.46. The highest BCUT2D eigenvalue weighted by Crippen LogP contribution is 2.24. The number of nitrogens with zero attached hydrogens (tertiary/aromatic N) is 2. The van der Waals surface area contributed by atoms with Crippen molar-refractivity contribution in [3.05, 3.63) is 30.6 Å². The van der Waals surface area contributed by atoms with E-state index < -0.39 is 0 Å². The molecule has 2 aromatic rings. The molecule has 0 aliphatic carbocycles. The first-order chi connectivity index (χ1) is 8.38. The van der Waals surface area contributed by atoms with Crippen molar-refractivity contribution >= 4 is 17.4 Å². The fourth-order valence-corrected chi connectivity index (χ4v) is 2.02. The molecule has 0 radical (unpaired) electrons. The summed E-state index contributed by atoms with van der Waals surface area (Å²) in [5.41, 5.74) is 6.54. The van der Waals surface area contributed by atoms with Gasteiger partial charge in [0.1, 0.15) is 6.33 Å². The largest absolute Gasteiger partial charge is 0.385 e. The molecule has 1 aromatic heterocycles. The number of nitrogens with one attached hydrogen (secondary N) is 2. The summed E-state index contributed by atoms with van der Waals surface area (Å²) < 4.78 is 0. The normalized spacial score (nSPS) is 10.4. The maximum Gasteiger partial charge on any atom is 0.188 e. The van der Waals surface area contributed by atoms with Gasteiger partial charge in [0.2, 0.25) is 0 Å². The first-order valence-corrected chi connectivity index (χ1v) is 6.27. The van der Waals surface area contributed by atoms with Crippen LogP contribution in [0.5, 0.6) is 0 Å². The van der Waals surface area contributed by atoms with Crippen LogP contribution in [0, 0.1) is 0 Å². The van der Waals surface area contributed by atoms with Crippen LogP contribution in [-0.4, -0.2) is 28.3 Å². The molecule has 17 heavy (non-hydrogen) atoms. The Morgan fingerprint density at radius 3 is 2.76 bits per heavy atom. The molecule has 6 heteroatoms. The molecule has 0 saturated carbocycles. The fourth-order valence-electron chi connectivity index (χ4n) is 1.33. The highest BCUT2D eigenvalue weighted by atomic mass is 32.2. The minimum Gasteiger partial charge on any atom is -0.385 e. The van der Waals surface area contributed by atoms with Gasteiger partial charge in [0, 0.05) is 17.1 Å². The van der Waals surface area contributed by atoms with Gasteiger partial charge in [-0.15, -0.1) is 0 Å². The highest BCUT2D eigenvalue weighted by Gasteiger charge is 1.99. The van der Waals surface area contributed by atoms with Gasteiger partial charge in [-0.05, 0) is 37.2 Å². The van der Waals surface area contributed by atoms with Crippen LogP contribution < -0.4 is 11.1 Å². The van der Waals surface area contributed by atoms with E-state index in [4.69, 9.17) is 5.73 Å². The van der Waals surface area contributed by atoms with Gasteiger partial charge in [-0.25, -0.2) is 4.98 Å². The van der Waals surface area contributed by atoms with E-state index in [0.29, 0.717) is 6.54 Å². The molecule has 1 aromatic carbocycles. The van der Waals surface area contributed by atoms with Crippen LogP contribution in [0.1, 0.15) is 6.42 Å². The van der Waals surface area contributed by atoms with Crippen molar-refractivity contribution in [3.8, 4) is 0 Å². The average Bonchev–Trinajstić information content (AvgIpc) is 2.85. The molecule has 90 valence electrons. The zero-order valence-corrected chi connectivity index (χ0v) is 10.2. The highest BCUT2D eigenvalue weighted by molar-refractivity contribution is 7.99. The van der Waals surface area contributed by atoms with Gasteiger partial charge in [-0.1, -0.05) is 11.8 Å². The van der Waals surface area contributed by atoms with Crippen molar-refractivity contribution in [1.29, 1.82) is 0 Å². The first kappa shape index (κ1) is 11.9. The van der Waals surface area contributed by atoms with Crippen LogP contribution >= 0.6 is 11.8 Å². The number of H-pyrrole nitrogens is 1. The Hall–Kier alpha value is -1.53. The zero-order valence-electron chi connectivity index (χ0n) is 9.39. The number of aromatic amines is 1. The maximum absolute atomic E-state index is 5.43. The molecule has 4 N–H and O–H groups in total. The van der Waals surface area contributed by atoms with Crippen molar-refractivity contribution in [3.63, 3.8) is 0 Å². The number of aromatic nitrogens is 3. The molecule has 0 saturated heterocycles. The van der Waals surface area contributed by atoms with E-state index >= 15 is 0 Å². The Labute approximate surface area is 104 Å². The predicted octanol–water partition coefficient (Wildman–Crippen LogP) is 1.72. The summed E-state index contributed by atoms with van der Waals surface area (Å²) in [6.45, 7) is 1.62. The van der Waals surface area contributed by atoms with Crippen molar-refractivity contribution in [2.75, 3.05) is 18.4 Å². The van der Waals surface area contributed by atoms with Gasteiger partial charge >= 0.3 is 0 Å². The van der Waals surface area contributed by atoms with Crippen LogP contribution in [0.15, 0.2) is 40.6 Å². The molecule has 5 nitrogen and oxygen atoms in total. The van der Waals surface area contributed by atoms with E-state index in [1.807, 2.05) is 0 Å². The van der Waals surface area contributed by atoms with Crippen molar-refractivity contribution in [2.45, 2.75) is 16.5 Å². The Morgan fingerprint density at radius 1 is 1.29 bits per heavy atom. The van der Waals surface area contributed by atoms with E-state index in [0.717, 1.165) is 28.7 Å². The summed E-state index contributed by atoms with van der Waals surface area (Å²) in [6, 6.07) is 8.21. The lowest BCUT2D eigenvalue weighted by Gasteiger charge is -2.05. The molecule has 0 fully saturated rings. The summed E-state index contributed by atoms with van der Waals surface area (Å²) in [4.78, 5) is 5.19. The molecule has 0 aliphatic rings. The van der Waals surface area contributed by atoms with Crippen molar-refractivity contribution < 1.29 is 0 Å². The van der Waals surface area contributed by atoms with Gasteiger partial charge < -0.3 is 11.1 Å². The quantitative estimate of drug-likeness (QED) is 0.679. The minimum atomic E-state index is 0.715. The molecular weight excluding hydrogens is 234 g/mol. The smallest absolute Gasteiger partial charge is 0.188 e. The molecule has 0 spiro atoms. The van der Waals surface area contributed by atoms with E-state index in [1.54, 1.807) is 11.8 Å². The second kappa shape index (κ2) is 6.27. The van der Waals surface area contributed by atoms with Crippen LogP contribution in [0.4, 0.5) is 5.69 Å². The number of hydrogen-bond donors (Lipinski definition) is 3. The summed E-state index contributed by atoms with van der Waals surface area (Å²) >= 11 is 1.55. The number of nitrogens with two attached hydrogens (primary N) is 1. The maximum atomic E-state index is 5.43. The van der Waals surface area contributed by atoms with Gasteiger partial charge in [-0.3, -0.25) is 5.10 Å². The molecule has 0 aliphatic heterocycles. The third kappa shape index (κ3) is 3.76. The van der Waals surface area contributed by atoms with Crippen LogP contribution in [0.2, 0.25) is 0 Å². The second-order valence-corrected chi connectivity index (χ2v) is 4.55. The number of hydrogen-bond acceptors (Lipinski definition) is 5. The standard InChI is InChI=1S/C11H15N5S/c12-6-1-7-13-9-2-4-10(5-3-9)17-11-14-8-15-16-11/h2-5,8,13H,1,6-7,12H2,(H,14,15,16). The van der Waals surface area contributed by atoms with Crippen LogP contribution in [-0.2, 0) is 0 Å². The lowest BCUT2D eigenvalue weighted by atomic mass is 10.3. The SMILES string of the molecule is NCCCNc1ccc(Sc2ncn[nH]2)cc1. The van der Waals surface area contributed by atoms with E-state index in [-0.39, 0.29) is 0 Å². The number of rotatable bonds is 6. The average molecular weight is 249 g/mol. The Kier molecular flexibility index (Phi) is 4.40. The lowest BCUT2D eigenvalue weighted by molar-refractivity contribution is 0.874. The summed E-state index contributed by atoms with van der Waals surface area (Å²) in [6.07, 6.45) is 2.49. The number of anilines is 1. The summed E-state index contributed by atoms with van der Waals surface area (Å²) in [5, 5.41) is 10.7. The molecule has 1 heterocycles. The molecule has 0 bridgehead atoms. The van der Waals surface area contributed by atoms with Crippen LogP contribution in [0.25, 0.3) is 0 Å². The van der Waals surface area contributed by atoms with Crippen molar-refractivity contribution in [2.24, 2.45) is 5.73 Å². The molecule has 0 amide bonds. The van der Waals surface area contributed by atoms with Gasteiger partial charge in [0.15, 0.2) is 5.16 Å². The Balaban J connectivity index is 1.89. The van der Waals surface area contributed by atoms with E-state index in [2.05, 4.69) is 44.8 Å². The molecular formula is C11H15N5S. The fraction of sp³-hybridized carbons (Fsp3) is 0.273. The minimum absolute atomic E-state index is 0.715. The molecule has 0 unspecified atom stereocenters. The van der Waals surface area contributed by atoms with E-state index in [1.165, 1.54) is 6.33 Å². The van der Waals surface area contributed by atoms with Crippen LogP contribution in [0.3, 0.4) is 0 Å².